The summed E-state index contributed by atoms with van der Waals surface area (Å²) in [5.41, 5.74) is 0.619. The zero-order valence-electron chi connectivity index (χ0n) is 22.5. The van der Waals surface area contributed by atoms with Gasteiger partial charge in [-0.15, -0.1) is 0 Å². The summed E-state index contributed by atoms with van der Waals surface area (Å²) in [5.74, 6) is 1.65. The molecule has 3 aliphatic heterocycles. The van der Waals surface area contributed by atoms with E-state index < -0.39 is 36.1 Å². The van der Waals surface area contributed by atoms with Gasteiger partial charge in [-0.05, 0) is 31.2 Å². The van der Waals surface area contributed by atoms with Gasteiger partial charge in [-0.25, -0.2) is 29.7 Å². The van der Waals surface area contributed by atoms with Crippen molar-refractivity contribution in [2.45, 2.75) is 44.9 Å². The lowest BCUT2D eigenvalue weighted by Crippen LogP contribution is -2.66. The van der Waals surface area contributed by atoms with Crippen LogP contribution in [-0.4, -0.2) is 110 Å². The van der Waals surface area contributed by atoms with Crippen LogP contribution >= 0.6 is 0 Å². The minimum atomic E-state index is -0.925. The first kappa shape index (κ1) is 25.8. The molecule has 5 heterocycles. The number of aliphatic imine (C=N–C) groups is 1. The van der Waals surface area contributed by atoms with Crippen molar-refractivity contribution >= 4 is 41.7 Å². The lowest BCUT2D eigenvalue weighted by Gasteiger charge is -2.42. The molecule has 0 bridgehead atoms. The predicted molar refractivity (Wildman–Crippen MR) is 143 cm³/mol. The highest BCUT2D eigenvalue weighted by molar-refractivity contribution is 6.05. The van der Waals surface area contributed by atoms with Crippen molar-refractivity contribution in [3.63, 3.8) is 0 Å². The first-order valence-corrected chi connectivity index (χ1v) is 13.4. The monoisotopic (exact) mass is 546 g/mol. The maximum absolute atomic E-state index is 13.3. The number of imide groups is 1. The molecule has 0 spiro atoms. The number of amides is 4. The molecule has 6 rings (SSSR count). The molecule has 2 aromatic heterocycles. The molecule has 4 amide bonds. The lowest BCUT2D eigenvalue weighted by atomic mass is 10.1. The highest BCUT2D eigenvalue weighted by Crippen LogP contribution is 2.45. The Balaban J connectivity index is 1.13. The Hall–Kier alpha value is -4.49. The number of carbonyl (C=O) groups is 4. The third-order valence-corrected chi connectivity index (χ3v) is 8.03. The molecule has 3 fully saturated rings. The first-order chi connectivity index (χ1) is 19.2. The van der Waals surface area contributed by atoms with Crippen LogP contribution in [0.5, 0.6) is 0 Å². The maximum Gasteiger partial charge on any atom is 0.328 e. The fourth-order valence-electron chi connectivity index (χ4n) is 5.45. The van der Waals surface area contributed by atoms with Crippen LogP contribution in [0.25, 0.3) is 11.4 Å². The smallest absolute Gasteiger partial charge is 0.328 e. The molecule has 208 valence electrons. The largest absolute Gasteiger partial charge is 0.340 e. The van der Waals surface area contributed by atoms with E-state index in [4.69, 9.17) is 0 Å². The molecule has 14 heteroatoms. The third-order valence-electron chi connectivity index (χ3n) is 8.03. The Morgan fingerprint density at radius 2 is 1.85 bits per heavy atom. The van der Waals surface area contributed by atoms with Crippen LogP contribution in [0.15, 0.2) is 29.6 Å². The van der Waals surface area contributed by atoms with Gasteiger partial charge in [0.05, 0.1) is 18.4 Å². The number of nitrogens with zero attached hydrogens (tertiary/aromatic N) is 9. The molecular formula is C26H30N10O4. The topological polar surface area (TPSA) is 157 Å². The van der Waals surface area contributed by atoms with Crippen LogP contribution in [-0.2, 0) is 14.4 Å². The predicted octanol–water partition coefficient (Wildman–Crippen LogP) is 0.628. The minimum absolute atomic E-state index is 0.199. The quantitative estimate of drug-likeness (QED) is 0.498. The van der Waals surface area contributed by atoms with E-state index in [2.05, 4.69) is 35.1 Å². The van der Waals surface area contributed by atoms with Gasteiger partial charge in [-0.3, -0.25) is 19.3 Å². The molecular weight excluding hydrogens is 516 g/mol. The number of piperidine rings is 1. The van der Waals surface area contributed by atoms with Gasteiger partial charge in [0.25, 0.3) is 5.91 Å². The summed E-state index contributed by atoms with van der Waals surface area (Å²) in [6.45, 7) is 4.98. The number of Topliss-reactive ketones (excluding diaryl/α,β-unsaturated/α-hetero) is 1. The van der Waals surface area contributed by atoms with Crippen LogP contribution < -0.4 is 10.2 Å². The number of nitrogens with one attached hydrogen (secondary N) is 1. The van der Waals surface area contributed by atoms with Crippen molar-refractivity contribution in [3.8, 4) is 11.4 Å². The van der Waals surface area contributed by atoms with E-state index in [1.165, 1.54) is 35.8 Å². The number of hydrogen-bond acceptors (Lipinski definition) is 11. The van der Waals surface area contributed by atoms with Crippen molar-refractivity contribution in [1.29, 1.82) is 0 Å². The van der Waals surface area contributed by atoms with Gasteiger partial charge in [-0.2, -0.15) is 0 Å². The molecule has 5 unspecified atom stereocenters. The average Bonchev–Trinajstić information content (AvgIpc) is 3.35. The summed E-state index contributed by atoms with van der Waals surface area (Å²) in [6, 6.07) is -0.782. The summed E-state index contributed by atoms with van der Waals surface area (Å²) in [4.78, 5) is 79.2. The van der Waals surface area contributed by atoms with E-state index in [-0.39, 0.29) is 24.6 Å². The van der Waals surface area contributed by atoms with E-state index in [0.29, 0.717) is 17.3 Å². The van der Waals surface area contributed by atoms with Gasteiger partial charge in [0.1, 0.15) is 11.9 Å². The number of likely N-dealkylation sites (N-methyl/N-ethyl adjacent to an activating group) is 1. The maximum atomic E-state index is 13.3. The Morgan fingerprint density at radius 3 is 2.55 bits per heavy atom. The second kappa shape index (κ2) is 9.92. The van der Waals surface area contributed by atoms with E-state index in [0.717, 1.165) is 29.8 Å². The third kappa shape index (κ3) is 4.52. The SMILES string of the molecule is CCC(=O)CN1C(=O)C2C(N=CN2C(C)C(=O)Nc2ccnc(-c3cnc(N4CC5CC5C4)nc3)n2)N(C)C1=O. The zero-order chi connectivity index (χ0) is 28.1. The summed E-state index contributed by atoms with van der Waals surface area (Å²) in [6.07, 6.45) is 7.01. The van der Waals surface area contributed by atoms with Gasteiger partial charge in [-0.1, -0.05) is 6.92 Å². The summed E-state index contributed by atoms with van der Waals surface area (Å²) < 4.78 is 0. The fourth-order valence-corrected chi connectivity index (χ4v) is 5.45. The molecule has 2 aromatic rings. The summed E-state index contributed by atoms with van der Waals surface area (Å²) in [7, 11) is 1.52. The van der Waals surface area contributed by atoms with E-state index in [9.17, 15) is 19.2 Å². The van der Waals surface area contributed by atoms with Crippen LogP contribution in [0.2, 0.25) is 0 Å². The second-order valence-electron chi connectivity index (χ2n) is 10.6. The molecule has 2 saturated heterocycles. The Morgan fingerprint density at radius 1 is 1.12 bits per heavy atom. The molecule has 0 aromatic carbocycles. The van der Waals surface area contributed by atoms with E-state index >= 15 is 0 Å². The number of carbonyl (C=O) groups excluding carboxylic acids is 4. The summed E-state index contributed by atoms with van der Waals surface area (Å²) in [5, 5.41) is 2.78. The zero-order valence-corrected chi connectivity index (χ0v) is 22.5. The number of hydrogen-bond donors (Lipinski definition) is 1. The molecule has 1 N–H and O–H groups in total. The lowest BCUT2D eigenvalue weighted by molar-refractivity contribution is -0.141. The molecule has 1 aliphatic carbocycles. The van der Waals surface area contributed by atoms with Gasteiger partial charge < -0.3 is 20.0 Å². The van der Waals surface area contributed by atoms with Gasteiger partial charge in [0, 0.05) is 45.1 Å². The highest BCUT2D eigenvalue weighted by atomic mass is 16.2. The number of fused-ring (bicyclic) bond motifs is 2. The molecule has 0 radical (unpaired) electrons. The van der Waals surface area contributed by atoms with Crippen molar-refractivity contribution < 1.29 is 19.2 Å². The Kier molecular flexibility index (Phi) is 6.39. The van der Waals surface area contributed by atoms with Crippen molar-refractivity contribution in [3.05, 3.63) is 24.7 Å². The standard InChI is InChI=1S/C26H30N10O4/c1-4-18(37)12-35-24(39)20-22(33(3)26(35)40)30-13-36(20)14(2)23(38)32-19-5-6-27-21(31-19)17-8-28-25(29-9-17)34-10-15-7-16(15)11-34/h5-6,8-9,13-16,20,22H,4,7,10-12H2,1-3H3,(H,27,31,32,38). The van der Waals surface area contributed by atoms with Crippen molar-refractivity contribution in [1.82, 2.24) is 34.6 Å². The van der Waals surface area contributed by atoms with Crippen LogP contribution in [0, 0.1) is 11.8 Å². The van der Waals surface area contributed by atoms with Crippen LogP contribution in [0.4, 0.5) is 16.6 Å². The molecule has 5 atom stereocenters. The minimum Gasteiger partial charge on any atom is -0.340 e. The number of rotatable bonds is 8. The molecule has 1 saturated carbocycles. The van der Waals surface area contributed by atoms with Gasteiger partial charge in [0.2, 0.25) is 11.9 Å². The van der Waals surface area contributed by atoms with Crippen LogP contribution in [0.3, 0.4) is 0 Å². The fraction of sp³-hybridized carbons (Fsp3) is 0.500. The number of aromatic nitrogens is 4. The Labute approximate surface area is 230 Å². The van der Waals surface area contributed by atoms with Crippen LogP contribution in [0.1, 0.15) is 26.7 Å². The number of anilines is 2. The normalized spacial score (nSPS) is 25.7. The average molecular weight is 547 g/mol. The molecule has 4 aliphatic rings. The first-order valence-electron chi connectivity index (χ1n) is 13.4. The van der Waals surface area contributed by atoms with Gasteiger partial charge in [0.15, 0.2) is 23.8 Å². The highest BCUT2D eigenvalue weighted by Gasteiger charge is 2.51. The van der Waals surface area contributed by atoms with Crippen molar-refractivity contribution in [2.24, 2.45) is 16.8 Å². The Bertz CT molecular complexity index is 1390. The molecule has 40 heavy (non-hydrogen) atoms. The van der Waals surface area contributed by atoms with E-state index in [1.807, 2.05) is 0 Å². The summed E-state index contributed by atoms with van der Waals surface area (Å²) >= 11 is 0. The molecule has 14 nitrogen and oxygen atoms in total. The number of ketones is 1. The second-order valence-corrected chi connectivity index (χ2v) is 10.6. The van der Waals surface area contributed by atoms with Crippen molar-refractivity contribution in [2.75, 3.05) is 36.9 Å². The van der Waals surface area contributed by atoms with Gasteiger partial charge >= 0.3 is 6.03 Å². The van der Waals surface area contributed by atoms with E-state index in [1.54, 1.807) is 32.3 Å². The number of urea groups is 1.